The molecule has 1 N–H and O–H groups in total. The van der Waals surface area contributed by atoms with Gasteiger partial charge in [-0.15, -0.1) is 0 Å². The van der Waals surface area contributed by atoms with Gasteiger partial charge in [-0.3, -0.25) is 4.79 Å². The van der Waals surface area contributed by atoms with Gasteiger partial charge >= 0.3 is 0 Å². The Morgan fingerprint density at radius 3 is 2.70 bits per heavy atom. The first kappa shape index (κ1) is 20.2. The van der Waals surface area contributed by atoms with E-state index in [2.05, 4.69) is 10.3 Å². The predicted octanol–water partition coefficient (Wildman–Crippen LogP) is 4.79. The fourth-order valence-corrected chi connectivity index (χ4v) is 4.26. The number of rotatable bonds is 7. The summed E-state index contributed by atoms with van der Waals surface area (Å²) in [4.78, 5) is 19.3. The Bertz CT molecular complexity index is 1190. The molecule has 0 atom stereocenters. The molecular weight excluding hydrogens is 398 g/mol. The number of hydrogen-bond donors (Lipinski definition) is 1. The number of fused-ring (bicyclic) bond motifs is 2. The predicted molar refractivity (Wildman–Crippen MR) is 122 cm³/mol. The van der Waals surface area contributed by atoms with E-state index in [1.54, 1.807) is 11.3 Å². The van der Waals surface area contributed by atoms with Crippen molar-refractivity contribution in [3.8, 4) is 5.75 Å². The average Bonchev–Trinajstić information content (AvgIpc) is 3.29. The molecule has 2 aromatic carbocycles. The average molecular weight is 424 g/mol. The molecule has 6 nitrogen and oxygen atoms in total. The Morgan fingerprint density at radius 2 is 2.00 bits per heavy atom. The number of thiazole rings is 1. The maximum Gasteiger partial charge on any atom is 0.287 e. The molecule has 2 aromatic heterocycles. The normalized spacial score (nSPS) is 11.2. The van der Waals surface area contributed by atoms with Gasteiger partial charge in [-0.25, -0.2) is 4.98 Å². The fraction of sp³-hybridized carbons (Fsp3) is 0.304. The molecule has 7 heteroatoms. The number of aromatic nitrogens is 1. The number of aryl methyl sites for hydroxylation is 1. The highest BCUT2D eigenvalue weighted by Gasteiger charge is 2.19. The summed E-state index contributed by atoms with van der Waals surface area (Å²) in [6.45, 7) is 5.06. The summed E-state index contributed by atoms with van der Waals surface area (Å²) in [6.07, 6.45) is 0.740. The van der Waals surface area contributed by atoms with Gasteiger partial charge in [-0.1, -0.05) is 23.5 Å². The highest BCUT2D eigenvalue weighted by atomic mass is 32.1. The third kappa shape index (κ3) is 3.98. The van der Waals surface area contributed by atoms with Crippen LogP contribution in [0.3, 0.4) is 0 Å². The van der Waals surface area contributed by atoms with E-state index in [0.29, 0.717) is 24.5 Å². The molecule has 1 amide bonds. The molecule has 0 unspecified atom stereocenters. The molecule has 0 aliphatic rings. The molecule has 2 heterocycles. The van der Waals surface area contributed by atoms with Gasteiger partial charge in [0.05, 0.1) is 16.8 Å². The number of hydrogen-bond acceptors (Lipinski definition) is 6. The summed E-state index contributed by atoms with van der Waals surface area (Å²) in [6, 6.07) is 11.9. The van der Waals surface area contributed by atoms with Crippen LogP contribution in [-0.4, -0.2) is 38.1 Å². The van der Waals surface area contributed by atoms with Crippen molar-refractivity contribution in [1.29, 1.82) is 0 Å². The molecule has 0 aliphatic heterocycles. The van der Waals surface area contributed by atoms with Crippen LogP contribution in [-0.2, 0) is 6.42 Å². The highest BCUT2D eigenvalue weighted by molar-refractivity contribution is 7.22. The first-order valence-electron chi connectivity index (χ1n) is 9.97. The largest absolute Gasteiger partial charge is 0.494 e. The summed E-state index contributed by atoms with van der Waals surface area (Å²) in [5.41, 5.74) is 3.61. The molecule has 0 bridgehead atoms. The molecule has 0 saturated carbocycles. The van der Waals surface area contributed by atoms with Crippen molar-refractivity contribution in [3.05, 3.63) is 53.3 Å². The van der Waals surface area contributed by atoms with E-state index in [1.807, 2.05) is 69.2 Å². The summed E-state index contributed by atoms with van der Waals surface area (Å²) in [5.74, 6) is 1.03. The molecule has 0 spiro atoms. The minimum absolute atomic E-state index is 0.195. The Balaban J connectivity index is 1.46. The molecule has 4 rings (SSSR count). The Morgan fingerprint density at radius 1 is 1.23 bits per heavy atom. The molecule has 0 saturated heterocycles. The molecular formula is C23H25N3O3S. The standard InChI is InChI=1S/C23H25N3O3S/c1-5-28-16-8-6-15(7-9-16)10-11-24-22(27)21-14(2)17-12-18-20(13-19(17)29-21)30-23(25-18)26(3)4/h6-9,12-13H,5,10-11H2,1-4H3,(H,24,27). The van der Waals surface area contributed by atoms with Crippen molar-refractivity contribution in [3.63, 3.8) is 0 Å². The maximum absolute atomic E-state index is 12.7. The van der Waals surface area contributed by atoms with E-state index >= 15 is 0 Å². The number of ether oxygens (including phenoxy) is 1. The number of carbonyl (C=O) groups excluding carboxylic acids is 1. The summed E-state index contributed by atoms with van der Waals surface area (Å²) in [5, 5.41) is 4.84. The number of amides is 1. The zero-order chi connectivity index (χ0) is 21.3. The number of nitrogens with one attached hydrogen (secondary N) is 1. The topological polar surface area (TPSA) is 67.6 Å². The van der Waals surface area contributed by atoms with Crippen molar-refractivity contribution >= 4 is 43.6 Å². The lowest BCUT2D eigenvalue weighted by Gasteiger charge is -2.06. The summed E-state index contributed by atoms with van der Waals surface area (Å²) >= 11 is 1.60. The van der Waals surface area contributed by atoms with E-state index in [0.717, 1.165) is 44.0 Å². The number of nitrogens with zero attached hydrogens (tertiary/aromatic N) is 2. The monoisotopic (exact) mass is 423 g/mol. The van der Waals surface area contributed by atoms with Crippen molar-refractivity contribution in [2.75, 3.05) is 32.1 Å². The van der Waals surface area contributed by atoms with E-state index in [9.17, 15) is 4.79 Å². The second-order valence-electron chi connectivity index (χ2n) is 7.35. The smallest absolute Gasteiger partial charge is 0.287 e. The van der Waals surface area contributed by atoms with Crippen molar-refractivity contribution < 1.29 is 13.9 Å². The van der Waals surface area contributed by atoms with Crippen LogP contribution in [0.1, 0.15) is 28.6 Å². The first-order chi connectivity index (χ1) is 14.5. The van der Waals surface area contributed by atoms with Crippen LogP contribution >= 0.6 is 11.3 Å². The van der Waals surface area contributed by atoms with Crippen LogP contribution in [0.2, 0.25) is 0 Å². The van der Waals surface area contributed by atoms with Crippen LogP contribution < -0.4 is 15.0 Å². The van der Waals surface area contributed by atoms with Gasteiger partial charge in [0.15, 0.2) is 10.9 Å². The zero-order valence-electron chi connectivity index (χ0n) is 17.6. The third-order valence-electron chi connectivity index (χ3n) is 4.96. The molecule has 156 valence electrons. The fourth-order valence-electron chi connectivity index (χ4n) is 3.36. The number of furan rings is 1. The van der Waals surface area contributed by atoms with Crippen molar-refractivity contribution in [2.45, 2.75) is 20.3 Å². The van der Waals surface area contributed by atoms with E-state index in [-0.39, 0.29) is 5.91 Å². The van der Waals surface area contributed by atoms with Crippen LogP contribution in [0.25, 0.3) is 21.2 Å². The van der Waals surface area contributed by atoms with Gasteiger partial charge in [0.25, 0.3) is 5.91 Å². The second-order valence-corrected chi connectivity index (χ2v) is 8.36. The summed E-state index contributed by atoms with van der Waals surface area (Å²) in [7, 11) is 3.95. The lowest BCUT2D eigenvalue weighted by atomic mass is 10.1. The number of benzene rings is 2. The van der Waals surface area contributed by atoms with Crippen molar-refractivity contribution in [1.82, 2.24) is 10.3 Å². The van der Waals surface area contributed by atoms with Crippen molar-refractivity contribution in [2.24, 2.45) is 0 Å². The molecule has 0 fully saturated rings. The number of anilines is 1. The molecule has 0 radical (unpaired) electrons. The van der Waals surface area contributed by atoms with Crippen LogP contribution in [0.15, 0.2) is 40.8 Å². The quantitative estimate of drug-likeness (QED) is 0.463. The number of carbonyl (C=O) groups is 1. The van der Waals surface area contributed by atoms with E-state index in [4.69, 9.17) is 9.15 Å². The van der Waals surface area contributed by atoms with Crippen LogP contribution in [0, 0.1) is 6.92 Å². The van der Waals surface area contributed by atoms with Gasteiger partial charge in [-0.2, -0.15) is 0 Å². The molecule has 0 aliphatic carbocycles. The van der Waals surface area contributed by atoms with Gasteiger partial charge in [0.2, 0.25) is 0 Å². The third-order valence-corrected chi connectivity index (χ3v) is 6.14. The summed E-state index contributed by atoms with van der Waals surface area (Å²) < 4.78 is 12.4. The zero-order valence-corrected chi connectivity index (χ0v) is 18.4. The van der Waals surface area contributed by atoms with Gasteiger partial charge in [0.1, 0.15) is 11.3 Å². The Hall–Kier alpha value is -3.06. The van der Waals surface area contributed by atoms with Crippen LogP contribution in [0.4, 0.5) is 5.13 Å². The highest BCUT2D eigenvalue weighted by Crippen LogP contribution is 2.34. The van der Waals surface area contributed by atoms with E-state index < -0.39 is 0 Å². The van der Waals surface area contributed by atoms with E-state index in [1.165, 1.54) is 0 Å². The van der Waals surface area contributed by atoms with Crippen LogP contribution in [0.5, 0.6) is 5.75 Å². The minimum atomic E-state index is -0.195. The minimum Gasteiger partial charge on any atom is -0.494 e. The lowest BCUT2D eigenvalue weighted by molar-refractivity contribution is 0.0928. The second kappa shape index (κ2) is 8.36. The van der Waals surface area contributed by atoms with Gasteiger partial charge in [-0.05, 0) is 44.0 Å². The lowest BCUT2D eigenvalue weighted by Crippen LogP contribution is -2.25. The SMILES string of the molecule is CCOc1ccc(CCNC(=O)c2oc3cc4sc(N(C)C)nc4cc3c2C)cc1. The first-order valence-corrected chi connectivity index (χ1v) is 10.8. The van der Waals surface area contributed by atoms with Gasteiger partial charge in [0, 0.05) is 37.7 Å². The maximum atomic E-state index is 12.7. The molecule has 30 heavy (non-hydrogen) atoms. The Labute approximate surface area is 179 Å². The molecule has 4 aromatic rings. The van der Waals surface area contributed by atoms with Gasteiger partial charge < -0.3 is 19.4 Å². The Kier molecular flexibility index (Phi) is 5.63.